The van der Waals surface area contributed by atoms with Gasteiger partial charge in [-0.15, -0.1) is 12.6 Å². The van der Waals surface area contributed by atoms with Crippen molar-refractivity contribution in [2.24, 2.45) is 0 Å². The van der Waals surface area contributed by atoms with Gasteiger partial charge in [0.2, 0.25) is 0 Å². The number of aryl methyl sites for hydroxylation is 1. The number of nitrogens with two attached hydrogens (primary N) is 1. The Balaban J connectivity index is 2.53. The Bertz CT molecular complexity index is 268. The van der Waals surface area contributed by atoms with E-state index < -0.39 is 0 Å². The van der Waals surface area contributed by atoms with Crippen molar-refractivity contribution in [2.75, 3.05) is 5.73 Å². The van der Waals surface area contributed by atoms with Crippen molar-refractivity contribution in [3.8, 4) is 0 Å². The molecule has 0 saturated carbocycles. The number of carbonyl (C=O) groups is 1. The van der Waals surface area contributed by atoms with E-state index in [1.165, 1.54) is 0 Å². The van der Waals surface area contributed by atoms with E-state index in [9.17, 15) is 4.79 Å². The van der Waals surface area contributed by atoms with Gasteiger partial charge in [-0.25, -0.2) is 0 Å². The SMILES string of the molecule is Nc1ccc(CCC(=O)S)cc1. The lowest BCUT2D eigenvalue weighted by Gasteiger charge is -1.98. The molecule has 1 rings (SSSR count). The third-order valence-corrected chi connectivity index (χ3v) is 1.83. The van der Waals surface area contributed by atoms with Crippen molar-refractivity contribution in [3.63, 3.8) is 0 Å². The summed E-state index contributed by atoms with van der Waals surface area (Å²) < 4.78 is 0. The lowest BCUT2D eigenvalue weighted by Crippen LogP contribution is -1.92. The second-order valence-electron chi connectivity index (χ2n) is 2.64. The number of hydrogen-bond acceptors (Lipinski definition) is 2. The molecule has 0 aliphatic rings. The van der Waals surface area contributed by atoms with Gasteiger partial charge in [0, 0.05) is 12.1 Å². The number of rotatable bonds is 3. The summed E-state index contributed by atoms with van der Waals surface area (Å²) in [7, 11) is 0. The van der Waals surface area contributed by atoms with Crippen LogP contribution < -0.4 is 5.73 Å². The van der Waals surface area contributed by atoms with Gasteiger partial charge in [-0.2, -0.15) is 0 Å². The summed E-state index contributed by atoms with van der Waals surface area (Å²) in [6, 6.07) is 7.51. The number of benzene rings is 1. The smallest absolute Gasteiger partial charge is 0.186 e. The highest BCUT2D eigenvalue weighted by Crippen LogP contribution is 2.08. The van der Waals surface area contributed by atoms with Crippen molar-refractivity contribution >= 4 is 23.4 Å². The molecule has 0 fully saturated rings. The van der Waals surface area contributed by atoms with Gasteiger partial charge in [0.1, 0.15) is 0 Å². The van der Waals surface area contributed by atoms with Gasteiger partial charge in [-0.05, 0) is 24.1 Å². The first-order valence-electron chi connectivity index (χ1n) is 3.74. The molecule has 0 aliphatic carbocycles. The minimum atomic E-state index is -0.0770. The summed E-state index contributed by atoms with van der Waals surface area (Å²) in [4.78, 5) is 10.5. The molecule has 12 heavy (non-hydrogen) atoms. The Morgan fingerprint density at radius 2 is 1.92 bits per heavy atom. The van der Waals surface area contributed by atoms with Crippen molar-refractivity contribution in [2.45, 2.75) is 12.8 Å². The Hall–Kier alpha value is -0.960. The fourth-order valence-electron chi connectivity index (χ4n) is 0.936. The summed E-state index contributed by atoms with van der Waals surface area (Å²) in [5.41, 5.74) is 7.36. The van der Waals surface area contributed by atoms with Crippen LogP contribution in [0.2, 0.25) is 0 Å². The minimum Gasteiger partial charge on any atom is -0.399 e. The summed E-state index contributed by atoms with van der Waals surface area (Å²) in [6.45, 7) is 0. The van der Waals surface area contributed by atoms with E-state index >= 15 is 0 Å². The molecular formula is C9H11NOS. The monoisotopic (exact) mass is 181 g/mol. The van der Waals surface area contributed by atoms with Gasteiger partial charge >= 0.3 is 0 Å². The summed E-state index contributed by atoms with van der Waals surface area (Å²) >= 11 is 3.69. The molecule has 0 atom stereocenters. The van der Waals surface area contributed by atoms with E-state index in [-0.39, 0.29) is 5.12 Å². The zero-order valence-electron chi connectivity index (χ0n) is 6.66. The van der Waals surface area contributed by atoms with E-state index in [4.69, 9.17) is 5.73 Å². The zero-order valence-corrected chi connectivity index (χ0v) is 7.55. The molecule has 0 heterocycles. The normalized spacial score (nSPS) is 9.75. The van der Waals surface area contributed by atoms with Crippen LogP contribution in [0.5, 0.6) is 0 Å². The van der Waals surface area contributed by atoms with Crippen molar-refractivity contribution < 1.29 is 4.79 Å². The summed E-state index contributed by atoms with van der Waals surface area (Å²) in [6.07, 6.45) is 1.22. The van der Waals surface area contributed by atoms with Crippen LogP contribution in [0.3, 0.4) is 0 Å². The Morgan fingerprint density at radius 3 is 2.42 bits per heavy atom. The van der Waals surface area contributed by atoms with Crippen LogP contribution in [0.25, 0.3) is 0 Å². The number of thiol groups is 1. The molecular weight excluding hydrogens is 170 g/mol. The molecule has 3 heteroatoms. The fourth-order valence-corrected chi connectivity index (χ4v) is 1.05. The molecule has 64 valence electrons. The van der Waals surface area contributed by atoms with Crippen molar-refractivity contribution in [1.82, 2.24) is 0 Å². The molecule has 2 nitrogen and oxygen atoms in total. The number of carbonyl (C=O) groups excluding carboxylic acids is 1. The second kappa shape index (κ2) is 4.16. The Kier molecular flexibility index (Phi) is 3.17. The molecule has 0 unspecified atom stereocenters. The molecule has 0 amide bonds. The topological polar surface area (TPSA) is 43.1 Å². The zero-order chi connectivity index (χ0) is 8.97. The highest BCUT2D eigenvalue weighted by Gasteiger charge is 1.96. The van der Waals surface area contributed by atoms with Crippen LogP contribution in [0.4, 0.5) is 5.69 Å². The van der Waals surface area contributed by atoms with Gasteiger partial charge in [0.25, 0.3) is 0 Å². The van der Waals surface area contributed by atoms with Crippen LogP contribution in [0.1, 0.15) is 12.0 Å². The average Bonchev–Trinajstić information content (AvgIpc) is 2.03. The van der Waals surface area contributed by atoms with Crippen LogP contribution in [-0.2, 0) is 11.2 Å². The highest BCUT2D eigenvalue weighted by atomic mass is 32.1. The molecule has 0 spiro atoms. The van der Waals surface area contributed by atoms with Crippen LogP contribution in [0.15, 0.2) is 24.3 Å². The molecule has 0 aliphatic heterocycles. The van der Waals surface area contributed by atoms with E-state index in [0.29, 0.717) is 6.42 Å². The van der Waals surface area contributed by atoms with Crippen LogP contribution in [0, 0.1) is 0 Å². The predicted molar refractivity (Wildman–Crippen MR) is 53.2 cm³/mol. The van der Waals surface area contributed by atoms with Crippen molar-refractivity contribution in [1.29, 1.82) is 0 Å². The number of hydrogen-bond donors (Lipinski definition) is 2. The molecule has 0 bridgehead atoms. The van der Waals surface area contributed by atoms with E-state index in [1.54, 1.807) is 0 Å². The standard InChI is InChI=1S/C9H11NOS/c10-8-4-1-7(2-5-8)3-6-9(11)12/h1-2,4-5H,3,6,10H2,(H,11,12). The largest absolute Gasteiger partial charge is 0.399 e. The quantitative estimate of drug-likeness (QED) is 0.550. The van der Waals surface area contributed by atoms with Gasteiger partial charge in [-0.3, -0.25) is 4.79 Å². The maximum atomic E-state index is 10.5. The van der Waals surface area contributed by atoms with Gasteiger partial charge in [0.05, 0.1) is 0 Å². The molecule has 2 N–H and O–H groups in total. The lowest BCUT2D eigenvalue weighted by molar-refractivity contribution is -0.110. The van der Waals surface area contributed by atoms with Crippen LogP contribution in [-0.4, -0.2) is 5.12 Å². The molecule has 1 aromatic carbocycles. The second-order valence-corrected chi connectivity index (χ2v) is 3.13. The average molecular weight is 181 g/mol. The Morgan fingerprint density at radius 1 is 1.33 bits per heavy atom. The maximum absolute atomic E-state index is 10.5. The third-order valence-electron chi connectivity index (χ3n) is 1.61. The van der Waals surface area contributed by atoms with Gasteiger partial charge < -0.3 is 5.73 Å². The van der Waals surface area contributed by atoms with Crippen LogP contribution >= 0.6 is 12.6 Å². The summed E-state index contributed by atoms with van der Waals surface area (Å²) in [5, 5.41) is -0.0770. The Labute approximate surface area is 77.2 Å². The first kappa shape index (κ1) is 9.13. The fraction of sp³-hybridized carbons (Fsp3) is 0.222. The number of nitrogen functional groups attached to an aromatic ring is 1. The maximum Gasteiger partial charge on any atom is 0.186 e. The van der Waals surface area contributed by atoms with Gasteiger partial charge in [-0.1, -0.05) is 12.1 Å². The van der Waals surface area contributed by atoms with E-state index in [1.807, 2.05) is 24.3 Å². The molecule has 1 aromatic rings. The predicted octanol–water partition coefficient (Wildman–Crippen LogP) is 1.66. The van der Waals surface area contributed by atoms with E-state index in [2.05, 4.69) is 12.6 Å². The summed E-state index contributed by atoms with van der Waals surface area (Å²) in [5.74, 6) is 0. The molecule has 0 radical (unpaired) electrons. The first-order chi connectivity index (χ1) is 5.68. The molecule has 0 aromatic heterocycles. The molecule has 0 saturated heterocycles. The van der Waals surface area contributed by atoms with Crippen molar-refractivity contribution in [3.05, 3.63) is 29.8 Å². The van der Waals surface area contributed by atoms with Gasteiger partial charge in [0.15, 0.2) is 5.12 Å². The highest BCUT2D eigenvalue weighted by molar-refractivity contribution is 7.96. The minimum absolute atomic E-state index is 0.0770. The van der Waals surface area contributed by atoms with E-state index in [0.717, 1.165) is 17.7 Å². The first-order valence-corrected chi connectivity index (χ1v) is 4.19. The lowest BCUT2D eigenvalue weighted by atomic mass is 10.1. The third kappa shape index (κ3) is 2.96. The number of anilines is 1.